The minimum atomic E-state index is 0.476. The highest BCUT2D eigenvalue weighted by atomic mass is 16.5. The molecule has 3 rings (SSSR count). The molecule has 0 bridgehead atoms. The third kappa shape index (κ3) is 3.03. The van der Waals surface area contributed by atoms with Crippen molar-refractivity contribution in [3.8, 4) is 5.69 Å². The first-order valence-electron chi connectivity index (χ1n) is 6.81. The molecule has 4 heteroatoms. The Morgan fingerprint density at radius 1 is 1.37 bits per heavy atom. The molecule has 1 fully saturated rings. The highest BCUT2D eigenvalue weighted by molar-refractivity contribution is 5.40. The fraction of sp³-hybridized carbons (Fsp3) is 0.400. The first-order chi connectivity index (χ1) is 9.43. The van der Waals surface area contributed by atoms with Gasteiger partial charge in [0.1, 0.15) is 0 Å². The molecular formula is C15H19N3O. The summed E-state index contributed by atoms with van der Waals surface area (Å²) in [6, 6.07) is 8.89. The minimum absolute atomic E-state index is 0.476. The zero-order valence-corrected chi connectivity index (χ0v) is 11.0. The number of imidazole rings is 1. The number of benzene rings is 1. The van der Waals surface area contributed by atoms with Crippen LogP contribution in [0.3, 0.4) is 0 Å². The van der Waals surface area contributed by atoms with Gasteiger partial charge in [-0.2, -0.15) is 0 Å². The van der Waals surface area contributed by atoms with E-state index in [0.29, 0.717) is 6.04 Å². The number of hydrogen-bond donors (Lipinski definition) is 1. The second-order valence-electron chi connectivity index (χ2n) is 4.89. The summed E-state index contributed by atoms with van der Waals surface area (Å²) in [6.07, 6.45) is 7.97. The Bertz CT molecular complexity index is 504. The van der Waals surface area contributed by atoms with Crippen LogP contribution in [0.15, 0.2) is 43.0 Å². The molecule has 2 heterocycles. The predicted octanol–water partition coefficient (Wildman–Crippen LogP) is 2.14. The van der Waals surface area contributed by atoms with Gasteiger partial charge in [0.05, 0.1) is 18.6 Å². The van der Waals surface area contributed by atoms with Gasteiger partial charge in [0.2, 0.25) is 0 Å². The van der Waals surface area contributed by atoms with Crippen molar-refractivity contribution in [1.82, 2.24) is 14.9 Å². The molecule has 0 saturated carbocycles. The molecule has 0 aliphatic carbocycles. The molecule has 1 aliphatic rings. The average molecular weight is 257 g/mol. The molecule has 4 nitrogen and oxygen atoms in total. The predicted molar refractivity (Wildman–Crippen MR) is 74.2 cm³/mol. The number of nitrogens with one attached hydrogen (secondary N) is 1. The molecule has 1 saturated heterocycles. The maximum absolute atomic E-state index is 5.50. The molecule has 1 aliphatic heterocycles. The smallest absolute Gasteiger partial charge is 0.0991 e. The summed E-state index contributed by atoms with van der Waals surface area (Å²) in [4.78, 5) is 4.11. The van der Waals surface area contributed by atoms with Crippen molar-refractivity contribution in [3.05, 3.63) is 48.5 Å². The maximum Gasteiger partial charge on any atom is 0.0991 e. The van der Waals surface area contributed by atoms with Crippen LogP contribution in [0.2, 0.25) is 0 Å². The van der Waals surface area contributed by atoms with Crippen molar-refractivity contribution in [2.24, 2.45) is 0 Å². The van der Waals surface area contributed by atoms with Crippen LogP contribution in [0.4, 0.5) is 0 Å². The molecule has 1 aromatic heterocycles. The topological polar surface area (TPSA) is 39.1 Å². The van der Waals surface area contributed by atoms with Crippen LogP contribution in [0.1, 0.15) is 18.4 Å². The molecular weight excluding hydrogens is 238 g/mol. The lowest BCUT2D eigenvalue weighted by atomic mass is 10.1. The molecule has 0 radical (unpaired) electrons. The Labute approximate surface area is 113 Å². The molecule has 1 aromatic carbocycles. The SMILES string of the molecule is c1ccc(-n2ccnc2)c(CN[C@@H]2CCCOC2)c1. The van der Waals surface area contributed by atoms with E-state index >= 15 is 0 Å². The Hall–Kier alpha value is -1.65. The van der Waals surface area contributed by atoms with E-state index in [1.165, 1.54) is 17.7 Å². The van der Waals surface area contributed by atoms with E-state index in [2.05, 4.69) is 34.6 Å². The van der Waals surface area contributed by atoms with E-state index in [-0.39, 0.29) is 0 Å². The number of nitrogens with zero attached hydrogens (tertiary/aromatic N) is 2. The first kappa shape index (κ1) is 12.4. The third-order valence-corrected chi connectivity index (χ3v) is 3.52. The van der Waals surface area contributed by atoms with Crippen molar-refractivity contribution in [3.63, 3.8) is 0 Å². The van der Waals surface area contributed by atoms with Crippen LogP contribution >= 0.6 is 0 Å². The van der Waals surface area contributed by atoms with Gasteiger partial charge in [0.15, 0.2) is 0 Å². The van der Waals surface area contributed by atoms with Crippen LogP contribution in [-0.4, -0.2) is 28.8 Å². The minimum Gasteiger partial charge on any atom is -0.380 e. The summed E-state index contributed by atoms with van der Waals surface area (Å²) in [5.41, 5.74) is 2.47. The number of para-hydroxylation sites is 1. The standard InChI is InChI=1S/C15H19N3O/c1-2-6-15(18-8-7-16-12-18)13(4-1)10-17-14-5-3-9-19-11-14/h1-2,4,6-8,12,14,17H,3,5,9-11H2/t14-/m1/s1. The molecule has 0 amide bonds. The van der Waals surface area contributed by atoms with Gasteiger partial charge in [0.25, 0.3) is 0 Å². The zero-order valence-electron chi connectivity index (χ0n) is 11.0. The van der Waals surface area contributed by atoms with Gasteiger partial charge in [0, 0.05) is 31.6 Å². The van der Waals surface area contributed by atoms with Crippen LogP contribution in [0, 0.1) is 0 Å². The van der Waals surface area contributed by atoms with Crippen molar-refractivity contribution < 1.29 is 4.74 Å². The zero-order chi connectivity index (χ0) is 12.9. The van der Waals surface area contributed by atoms with Crippen LogP contribution in [0.25, 0.3) is 5.69 Å². The lowest BCUT2D eigenvalue weighted by Crippen LogP contribution is -2.36. The van der Waals surface area contributed by atoms with Gasteiger partial charge in [-0.1, -0.05) is 18.2 Å². The molecule has 2 aromatic rings. The van der Waals surface area contributed by atoms with Gasteiger partial charge in [-0.3, -0.25) is 0 Å². The molecule has 1 N–H and O–H groups in total. The Morgan fingerprint density at radius 3 is 3.11 bits per heavy atom. The second kappa shape index (κ2) is 5.99. The summed E-state index contributed by atoms with van der Waals surface area (Å²) in [5, 5.41) is 3.58. The van der Waals surface area contributed by atoms with E-state index in [9.17, 15) is 0 Å². The van der Waals surface area contributed by atoms with Gasteiger partial charge in [-0.05, 0) is 24.5 Å². The Balaban J connectivity index is 1.70. The molecule has 0 unspecified atom stereocenters. The number of rotatable bonds is 4. The summed E-state index contributed by atoms with van der Waals surface area (Å²) in [7, 11) is 0. The molecule has 100 valence electrons. The van der Waals surface area contributed by atoms with Crippen molar-refractivity contribution in [2.45, 2.75) is 25.4 Å². The van der Waals surface area contributed by atoms with Crippen LogP contribution in [0.5, 0.6) is 0 Å². The summed E-state index contributed by atoms with van der Waals surface area (Å²) in [6.45, 7) is 2.60. The van der Waals surface area contributed by atoms with Gasteiger partial charge < -0.3 is 14.6 Å². The van der Waals surface area contributed by atoms with Crippen LogP contribution < -0.4 is 5.32 Å². The number of hydrogen-bond acceptors (Lipinski definition) is 3. The highest BCUT2D eigenvalue weighted by Gasteiger charge is 2.13. The van der Waals surface area contributed by atoms with Crippen LogP contribution in [-0.2, 0) is 11.3 Å². The fourth-order valence-corrected chi connectivity index (χ4v) is 2.47. The van der Waals surface area contributed by atoms with E-state index in [4.69, 9.17) is 4.74 Å². The average Bonchev–Trinajstić information content (AvgIpc) is 3.01. The van der Waals surface area contributed by atoms with Gasteiger partial charge in [-0.15, -0.1) is 0 Å². The lowest BCUT2D eigenvalue weighted by Gasteiger charge is -2.23. The molecule has 19 heavy (non-hydrogen) atoms. The van der Waals surface area contributed by atoms with Gasteiger partial charge >= 0.3 is 0 Å². The second-order valence-corrected chi connectivity index (χ2v) is 4.89. The Kier molecular flexibility index (Phi) is 3.91. The quantitative estimate of drug-likeness (QED) is 0.912. The van der Waals surface area contributed by atoms with E-state index in [1.54, 1.807) is 6.20 Å². The van der Waals surface area contributed by atoms with Crippen molar-refractivity contribution in [1.29, 1.82) is 0 Å². The maximum atomic E-state index is 5.50. The van der Waals surface area contributed by atoms with Crippen molar-refractivity contribution >= 4 is 0 Å². The largest absolute Gasteiger partial charge is 0.380 e. The number of ether oxygens (including phenoxy) is 1. The first-order valence-corrected chi connectivity index (χ1v) is 6.81. The third-order valence-electron chi connectivity index (χ3n) is 3.52. The lowest BCUT2D eigenvalue weighted by molar-refractivity contribution is 0.0699. The monoisotopic (exact) mass is 257 g/mol. The fourth-order valence-electron chi connectivity index (χ4n) is 2.47. The van der Waals surface area contributed by atoms with E-state index in [1.807, 2.05) is 17.1 Å². The summed E-state index contributed by atoms with van der Waals surface area (Å²) < 4.78 is 7.55. The summed E-state index contributed by atoms with van der Waals surface area (Å²) in [5.74, 6) is 0. The Morgan fingerprint density at radius 2 is 2.32 bits per heavy atom. The number of aromatic nitrogens is 2. The molecule has 1 atom stereocenters. The van der Waals surface area contributed by atoms with Crippen molar-refractivity contribution in [2.75, 3.05) is 13.2 Å². The van der Waals surface area contributed by atoms with Gasteiger partial charge in [-0.25, -0.2) is 4.98 Å². The highest BCUT2D eigenvalue weighted by Crippen LogP contribution is 2.15. The normalized spacial score (nSPS) is 19.5. The molecule has 0 spiro atoms. The van der Waals surface area contributed by atoms with E-state index < -0.39 is 0 Å². The summed E-state index contributed by atoms with van der Waals surface area (Å²) >= 11 is 0. The van der Waals surface area contributed by atoms with E-state index in [0.717, 1.165) is 26.2 Å².